The molecule has 0 heterocycles. The van der Waals surface area contributed by atoms with E-state index in [0.717, 1.165) is 6.21 Å². The molecule has 0 amide bonds. The number of hydrogen-bond acceptors (Lipinski definition) is 6. The predicted molar refractivity (Wildman–Crippen MR) is 92.1 cm³/mol. The summed E-state index contributed by atoms with van der Waals surface area (Å²) in [6.45, 7) is 3.59. The van der Waals surface area contributed by atoms with Crippen molar-refractivity contribution in [1.29, 1.82) is 10.8 Å². The number of hydrogen-bond donors (Lipinski definition) is 5. The van der Waals surface area contributed by atoms with Crippen LogP contribution in [0.3, 0.4) is 0 Å². The summed E-state index contributed by atoms with van der Waals surface area (Å²) in [5.41, 5.74) is 6.80. The molecular formula is C17H20N4O2. The van der Waals surface area contributed by atoms with Crippen LogP contribution in [0.2, 0.25) is 0 Å². The smallest absolute Gasteiger partial charge is 0.166 e. The maximum atomic E-state index is 11.2. The second-order valence-corrected chi connectivity index (χ2v) is 4.68. The van der Waals surface area contributed by atoms with Crippen molar-refractivity contribution in [1.82, 2.24) is 5.32 Å². The number of phenols is 1. The van der Waals surface area contributed by atoms with Gasteiger partial charge in [-0.15, -0.1) is 0 Å². The van der Waals surface area contributed by atoms with Gasteiger partial charge in [0.2, 0.25) is 0 Å². The van der Waals surface area contributed by atoms with Crippen LogP contribution in [0.25, 0.3) is 0 Å². The lowest BCUT2D eigenvalue weighted by Gasteiger charge is -2.22. The van der Waals surface area contributed by atoms with Crippen LogP contribution < -0.4 is 11.1 Å². The Kier molecular flexibility index (Phi) is 6.64. The van der Waals surface area contributed by atoms with Crippen molar-refractivity contribution in [2.24, 2.45) is 5.73 Å². The van der Waals surface area contributed by atoms with Crippen LogP contribution >= 0.6 is 0 Å². The Morgan fingerprint density at radius 2 is 2.17 bits per heavy atom. The maximum Gasteiger partial charge on any atom is 0.166 e. The summed E-state index contributed by atoms with van der Waals surface area (Å²) in [7, 11) is 1.64. The molecule has 0 aliphatic rings. The van der Waals surface area contributed by atoms with Crippen LogP contribution in [0.1, 0.15) is 5.56 Å². The van der Waals surface area contributed by atoms with Gasteiger partial charge in [0.25, 0.3) is 0 Å². The first-order valence-electron chi connectivity index (χ1n) is 6.83. The minimum absolute atomic E-state index is 0.00573. The number of rotatable bonds is 8. The molecule has 1 unspecified atom stereocenters. The molecule has 0 saturated heterocycles. The summed E-state index contributed by atoms with van der Waals surface area (Å²) in [5.74, 6) is 0.00573. The van der Waals surface area contributed by atoms with E-state index >= 15 is 0 Å². The van der Waals surface area contributed by atoms with Crippen LogP contribution in [0.4, 0.5) is 0 Å². The summed E-state index contributed by atoms with van der Waals surface area (Å²) in [4.78, 5) is 11.2. The van der Waals surface area contributed by atoms with Gasteiger partial charge in [-0.05, 0) is 24.8 Å². The highest BCUT2D eigenvalue weighted by atomic mass is 16.3. The lowest BCUT2D eigenvalue weighted by atomic mass is 9.90. The Labute approximate surface area is 135 Å². The van der Waals surface area contributed by atoms with Crippen molar-refractivity contribution in [3.8, 4) is 5.75 Å². The van der Waals surface area contributed by atoms with Crippen molar-refractivity contribution in [3.63, 3.8) is 0 Å². The Balaban J connectivity index is 3.49. The molecule has 6 nitrogen and oxygen atoms in total. The second kappa shape index (κ2) is 8.45. The zero-order valence-electron chi connectivity index (χ0n) is 12.8. The average Bonchev–Trinajstić information content (AvgIpc) is 2.56. The lowest BCUT2D eigenvalue weighted by Crippen LogP contribution is -2.36. The number of benzene rings is 1. The highest BCUT2D eigenvalue weighted by molar-refractivity contribution is 6.14. The minimum Gasteiger partial charge on any atom is -0.508 e. The lowest BCUT2D eigenvalue weighted by molar-refractivity contribution is -0.105. The van der Waals surface area contributed by atoms with Crippen molar-refractivity contribution in [2.75, 3.05) is 7.05 Å². The van der Waals surface area contributed by atoms with Crippen molar-refractivity contribution >= 4 is 18.2 Å². The van der Waals surface area contributed by atoms with Crippen molar-refractivity contribution in [2.45, 2.75) is 6.04 Å². The molecule has 1 atom stereocenters. The Morgan fingerprint density at radius 3 is 2.65 bits per heavy atom. The van der Waals surface area contributed by atoms with E-state index in [1.54, 1.807) is 25.3 Å². The molecule has 0 spiro atoms. The topological polar surface area (TPSA) is 123 Å². The first-order valence-corrected chi connectivity index (χ1v) is 6.83. The normalized spacial score (nSPS) is 13.7. The van der Waals surface area contributed by atoms with E-state index in [-0.39, 0.29) is 22.7 Å². The second-order valence-electron chi connectivity index (χ2n) is 4.68. The molecule has 0 aromatic heterocycles. The number of phenolic OH excluding ortho intramolecular Hbond substituents is 1. The van der Waals surface area contributed by atoms with Gasteiger partial charge in [-0.25, -0.2) is 0 Å². The highest BCUT2D eigenvalue weighted by Crippen LogP contribution is 2.21. The quantitative estimate of drug-likeness (QED) is 0.216. The third-order valence-electron chi connectivity index (χ3n) is 3.23. The van der Waals surface area contributed by atoms with E-state index in [1.165, 1.54) is 18.2 Å². The standard InChI is InChI=1S/C17H20N4O2/c1-3-5-12(9-18)17(21-2)15(14(19)10-22)16(20)11-6-4-7-13(23)8-11/h3-10,17-18,20-21,23H,1,19H2,2H3/b12-5+,15-14+,18-9?,20-16?. The SMILES string of the molecule is C=C/C=C(\C=N)C(NC)/C(C(=N)c1cccc(O)c1)=C(/N)C=O. The highest BCUT2D eigenvalue weighted by Gasteiger charge is 2.23. The van der Waals surface area contributed by atoms with Crippen LogP contribution in [0, 0.1) is 10.8 Å². The predicted octanol–water partition coefficient (Wildman–Crippen LogP) is 1.52. The van der Waals surface area contributed by atoms with E-state index in [0.29, 0.717) is 17.4 Å². The molecule has 6 N–H and O–H groups in total. The average molecular weight is 312 g/mol. The zero-order chi connectivity index (χ0) is 17.4. The van der Waals surface area contributed by atoms with Gasteiger partial charge in [-0.1, -0.05) is 30.9 Å². The molecular weight excluding hydrogens is 292 g/mol. The Bertz CT molecular complexity index is 690. The molecule has 6 heteroatoms. The van der Waals surface area contributed by atoms with Gasteiger partial charge < -0.3 is 21.6 Å². The van der Waals surface area contributed by atoms with Gasteiger partial charge in [-0.3, -0.25) is 10.2 Å². The number of allylic oxidation sites excluding steroid dienone is 3. The Morgan fingerprint density at radius 1 is 1.48 bits per heavy atom. The Hall–Kier alpha value is -2.99. The van der Waals surface area contributed by atoms with E-state index < -0.39 is 6.04 Å². The van der Waals surface area contributed by atoms with E-state index in [4.69, 9.17) is 16.6 Å². The zero-order valence-corrected chi connectivity index (χ0v) is 12.8. The molecule has 0 radical (unpaired) electrons. The fourth-order valence-corrected chi connectivity index (χ4v) is 2.18. The molecule has 0 aliphatic heterocycles. The van der Waals surface area contributed by atoms with Gasteiger partial charge >= 0.3 is 0 Å². The van der Waals surface area contributed by atoms with E-state index in [9.17, 15) is 9.90 Å². The fraction of sp³-hybridized carbons (Fsp3) is 0.118. The summed E-state index contributed by atoms with van der Waals surface area (Å²) in [6.07, 6.45) is 4.68. The van der Waals surface area contributed by atoms with Crippen LogP contribution in [0.5, 0.6) is 5.75 Å². The summed E-state index contributed by atoms with van der Waals surface area (Å²) >= 11 is 0. The number of nitrogens with two attached hydrogens (primary N) is 1. The van der Waals surface area contributed by atoms with Gasteiger partial charge in [0.05, 0.1) is 17.5 Å². The van der Waals surface area contributed by atoms with Crippen LogP contribution in [-0.4, -0.2) is 36.4 Å². The number of likely N-dealkylation sites (N-methyl/N-ethyl adjacent to an activating group) is 1. The molecule has 0 bridgehead atoms. The monoisotopic (exact) mass is 312 g/mol. The summed E-state index contributed by atoms with van der Waals surface area (Å²) < 4.78 is 0. The largest absolute Gasteiger partial charge is 0.508 e. The number of carbonyl (C=O) groups is 1. The summed E-state index contributed by atoms with van der Waals surface area (Å²) in [6, 6.07) is 5.49. The van der Waals surface area contributed by atoms with Gasteiger partial charge in [0, 0.05) is 17.4 Å². The number of aldehydes is 1. The molecule has 0 aliphatic carbocycles. The first kappa shape index (κ1) is 18.1. The van der Waals surface area contributed by atoms with Crippen LogP contribution in [-0.2, 0) is 4.79 Å². The molecule has 120 valence electrons. The molecule has 0 saturated carbocycles. The number of aromatic hydroxyl groups is 1. The molecule has 1 rings (SSSR count). The van der Waals surface area contributed by atoms with Gasteiger partial charge in [-0.2, -0.15) is 0 Å². The van der Waals surface area contributed by atoms with Crippen molar-refractivity contribution in [3.05, 3.63) is 65.4 Å². The number of carbonyl (C=O) groups excluding carboxylic acids is 1. The minimum atomic E-state index is -0.634. The molecule has 1 aromatic carbocycles. The van der Waals surface area contributed by atoms with Gasteiger partial charge in [0.1, 0.15) is 5.75 Å². The third kappa shape index (κ3) is 4.24. The van der Waals surface area contributed by atoms with E-state index in [1.807, 2.05) is 0 Å². The molecule has 1 aromatic rings. The fourth-order valence-electron chi connectivity index (χ4n) is 2.18. The molecule has 0 fully saturated rings. The first-order chi connectivity index (χ1) is 11.0. The summed E-state index contributed by atoms with van der Waals surface area (Å²) in [5, 5.41) is 28.4. The number of nitrogens with one attached hydrogen (secondary N) is 3. The molecule has 23 heavy (non-hydrogen) atoms. The van der Waals surface area contributed by atoms with Gasteiger partial charge in [0.15, 0.2) is 6.29 Å². The maximum absolute atomic E-state index is 11.2. The van der Waals surface area contributed by atoms with Crippen LogP contribution in [0.15, 0.2) is 59.8 Å². The van der Waals surface area contributed by atoms with Crippen molar-refractivity contribution < 1.29 is 9.90 Å². The van der Waals surface area contributed by atoms with E-state index in [2.05, 4.69) is 11.9 Å². The third-order valence-corrected chi connectivity index (χ3v) is 3.23.